The first-order valence-corrected chi connectivity index (χ1v) is 17.1. The number of hydrogen-bond donors (Lipinski definition) is 0. The third-order valence-corrected chi connectivity index (χ3v) is 9.37. The Morgan fingerprint density at radius 2 is 1.12 bits per heavy atom. The minimum atomic E-state index is 0.523. The van der Waals surface area contributed by atoms with Crippen LogP contribution < -0.4 is 0 Å². The molecule has 8 rings (SSSR count). The van der Waals surface area contributed by atoms with E-state index in [2.05, 4.69) is 174 Å². The van der Waals surface area contributed by atoms with E-state index in [1.807, 2.05) is 24.4 Å². The number of hydrogen-bond acceptors (Lipinski definition) is 3. The number of aromatic nitrogens is 1. The van der Waals surface area contributed by atoms with Gasteiger partial charge in [0.1, 0.15) is 0 Å². The molecule has 3 heteroatoms. The van der Waals surface area contributed by atoms with Crippen LogP contribution in [0.1, 0.15) is 16.7 Å². The fourth-order valence-corrected chi connectivity index (χ4v) is 6.66. The number of rotatable bonds is 9. The van der Waals surface area contributed by atoms with Gasteiger partial charge in [-0.25, -0.2) is 0 Å². The zero-order chi connectivity index (χ0) is 34.4. The van der Waals surface area contributed by atoms with Crippen LogP contribution >= 0.6 is 0 Å². The predicted molar refractivity (Wildman–Crippen MR) is 216 cm³/mol. The van der Waals surface area contributed by atoms with Crippen LogP contribution in [0, 0.1) is 0 Å². The maximum Gasteiger partial charge on any atom is 0.0716 e. The molecule has 1 aromatic heterocycles. The van der Waals surface area contributed by atoms with E-state index in [0.717, 1.165) is 44.8 Å². The van der Waals surface area contributed by atoms with Gasteiger partial charge in [-0.1, -0.05) is 158 Å². The maximum absolute atomic E-state index is 5.18. The summed E-state index contributed by atoms with van der Waals surface area (Å²) in [6.07, 6.45) is 5.70. The van der Waals surface area contributed by atoms with E-state index in [1.165, 1.54) is 38.2 Å². The van der Waals surface area contributed by atoms with Gasteiger partial charge < -0.3 is 0 Å². The third kappa shape index (κ3) is 6.79. The fourth-order valence-electron chi connectivity index (χ4n) is 6.66. The van der Waals surface area contributed by atoms with Gasteiger partial charge in [-0.05, 0) is 91.0 Å². The average Bonchev–Trinajstić information content (AvgIpc) is 3.22. The lowest BCUT2D eigenvalue weighted by Gasteiger charge is -2.12. The molecule has 0 saturated carbocycles. The Morgan fingerprint density at radius 3 is 1.82 bits per heavy atom. The molecule has 0 radical (unpaired) electrons. The normalized spacial score (nSPS) is 11.9. The number of aliphatic imine (C=N–C) groups is 2. The summed E-state index contributed by atoms with van der Waals surface area (Å²) in [4.78, 5) is 13.9. The van der Waals surface area contributed by atoms with Crippen LogP contribution in [-0.2, 0) is 6.54 Å². The smallest absolute Gasteiger partial charge is 0.0716 e. The molecule has 0 spiro atoms. The van der Waals surface area contributed by atoms with Gasteiger partial charge in [0.15, 0.2) is 0 Å². The van der Waals surface area contributed by atoms with Crippen LogP contribution in [0.3, 0.4) is 0 Å². The zero-order valence-corrected chi connectivity index (χ0v) is 28.2. The molecule has 0 fully saturated rings. The van der Waals surface area contributed by atoms with Crippen molar-refractivity contribution < 1.29 is 0 Å². The lowest BCUT2D eigenvalue weighted by atomic mass is 9.93. The van der Waals surface area contributed by atoms with Crippen molar-refractivity contribution in [2.75, 3.05) is 0 Å². The fraction of sp³-hybridized carbons (Fsp3) is 0.0208. The molecule has 1 heterocycles. The van der Waals surface area contributed by atoms with E-state index in [9.17, 15) is 0 Å². The first-order valence-electron chi connectivity index (χ1n) is 17.1. The van der Waals surface area contributed by atoms with E-state index in [4.69, 9.17) is 4.99 Å². The molecule has 0 aliphatic heterocycles. The van der Waals surface area contributed by atoms with Crippen LogP contribution in [-0.4, -0.2) is 17.4 Å². The summed E-state index contributed by atoms with van der Waals surface area (Å²) in [7, 11) is 0. The van der Waals surface area contributed by atoms with Gasteiger partial charge in [-0.2, -0.15) is 0 Å². The van der Waals surface area contributed by atoms with Gasteiger partial charge >= 0.3 is 0 Å². The topological polar surface area (TPSA) is 37.6 Å². The molecular weight excluding hydrogens is 619 g/mol. The van der Waals surface area contributed by atoms with Crippen molar-refractivity contribution in [3.8, 4) is 33.4 Å². The predicted octanol–water partition coefficient (Wildman–Crippen LogP) is 12.1. The van der Waals surface area contributed by atoms with Crippen LogP contribution in [0.15, 0.2) is 198 Å². The molecule has 8 aromatic rings. The first kappa shape index (κ1) is 31.6. The number of fused-ring (bicyclic) bond motifs is 3. The van der Waals surface area contributed by atoms with Gasteiger partial charge in [-0.3, -0.25) is 15.0 Å². The summed E-state index contributed by atoms with van der Waals surface area (Å²) in [5, 5.41) is 5.05. The molecular formula is C48H35N3. The molecule has 7 aromatic carbocycles. The molecule has 0 aliphatic carbocycles. The van der Waals surface area contributed by atoms with Crippen molar-refractivity contribution in [3.05, 3.63) is 205 Å². The zero-order valence-electron chi connectivity index (χ0n) is 28.2. The van der Waals surface area contributed by atoms with Gasteiger partial charge in [0, 0.05) is 18.0 Å². The highest BCUT2D eigenvalue weighted by atomic mass is 14.8. The third-order valence-electron chi connectivity index (χ3n) is 9.37. The van der Waals surface area contributed by atoms with E-state index in [1.54, 1.807) is 6.20 Å². The Bertz CT molecular complexity index is 2510. The Hall–Kier alpha value is -6.71. The van der Waals surface area contributed by atoms with Crippen molar-refractivity contribution in [2.45, 2.75) is 6.54 Å². The highest BCUT2D eigenvalue weighted by Gasteiger charge is 2.10. The lowest BCUT2D eigenvalue weighted by molar-refractivity contribution is 1.07. The SMILES string of the molecule is C=N/C(=C\C(=NCc1ccc(-c2cc3ccccc3c3ccccc23)cc1)c1ccc(-c2ccccc2)cc1)c1ccc(-c2cccnc2)cc1. The lowest BCUT2D eigenvalue weighted by Crippen LogP contribution is -2.00. The summed E-state index contributed by atoms with van der Waals surface area (Å²) < 4.78 is 0. The summed E-state index contributed by atoms with van der Waals surface area (Å²) in [6, 6.07) is 59.7. The minimum Gasteiger partial charge on any atom is -0.280 e. The Labute approximate surface area is 298 Å². The van der Waals surface area contributed by atoms with Gasteiger partial charge in [0.25, 0.3) is 0 Å². The van der Waals surface area contributed by atoms with Crippen molar-refractivity contribution in [1.29, 1.82) is 0 Å². The monoisotopic (exact) mass is 653 g/mol. The van der Waals surface area contributed by atoms with Crippen LogP contribution in [0.25, 0.3) is 60.6 Å². The Kier molecular flexibility index (Phi) is 8.92. The quantitative estimate of drug-likeness (QED) is 0.113. The molecule has 0 atom stereocenters. The van der Waals surface area contributed by atoms with Gasteiger partial charge in [-0.15, -0.1) is 0 Å². The largest absolute Gasteiger partial charge is 0.280 e. The van der Waals surface area contributed by atoms with Crippen LogP contribution in [0.2, 0.25) is 0 Å². The standard InChI is InChI=1S/C48H35N3/c1-49-47(39-25-23-37(24-26-39)42-13-9-29-50-33-42)31-48(40-27-21-36(22-28-40)35-10-3-2-4-11-35)51-32-34-17-19-38(20-18-34)46-30-41-12-5-6-14-43(41)44-15-7-8-16-45(44)46/h2-31,33H,1,32H2/b47-31-,51-48?. The van der Waals surface area contributed by atoms with Gasteiger partial charge in [0.05, 0.1) is 18.0 Å². The van der Waals surface area contributed by atoms with Crippen LogP contribution in [0.4, 0.5) is 0 Å². The molecule has 0 aliphatic rings. The second kappa shape index (κ2) is 14.4. The molecule has 0 amide bonds. The Balaban J connectivity index is 1.13. The summed E-state index contributed by atoms with van der Waals surface area (Å²) in [6.45, 7) is 4.46. The minimum absolute atomic E-state index is 0.523. The van der Waals surface area contributed by atoms with Crippen molar-refractivity contribution in [2.24, 2.45) is 9.98 Å². The van der Waals surface area contributed by atoms with Gasteiger partial charge in [0.2, 0.25) is 0 Å². The number of pyridine rings is 1. The second-order valence-electron chi connectivity index (χ2n) is 12.5. The molecule has 242 valence electrons. The van der Waals surface area contributed by atoms with E-state index >= 15 is 0 Å². The molecule has 51 heavy (non-hydrogen) atoms. The highest BCUT2D eigenvalue weighted by molar-refractivity contribution is 6.14. The molecule has 0 saturated heterocycles. The van der Waals surface area contributed by atoms with Crippen molar-refractivity contribution in [3.63, 3.8) is 0 Å². The van der Waals surface area contributed by atoms with E-state index in [0.29, 0.717) is 6.54 Å². The van der Waals surface area contributed by atoms with Crippen LogP contribution in [0.5, 0.6) is 0 Å². The molecule has 3 nitrogen and oxygen atoms in total. The summed E-state index contributed by atoms with van der Waals surface area (Å²) in [5.74, 6) is 0. The maximum atomic E-state index is 5.18. The molecule has 0 N–H and O–H groups in total. The van der Waals surface area contributed by atoms with Crippen molar-refractivity contribution in [1.82, 2.24) is 4.98 Å². The highest BCUT2D eigenvalue weighted by Crippen LogP contribution is 2.35. The summed E-state index contributed by atoms with van der Waals surface area (Å²) >= 11 is 0. The summed E-state index contributed by atoms with van der Waals surface area (Å²) in [5.41, 5.74) is 11.7. The molecule has 0 bridgehead atoms. The number of benzene rings is 7. The second-order valence-corrected chi connectivity index (χ2v) is 12.5. The average molecular weight is 654 g/mol. The van der Waals surface area contributed by atoms with E-state index in [-0.39, 0.29) is 0 Å². The molecule has 0 unspecified atom stereocenters. The number of allylic oxidation sites excluding steroid dienone is 1. The Morgan fingerprint density at radius 1 is 0.529 bits per heavy atom. The first-order chi connectivity index (χ1) is 25.2. The van der Waals surface area contributed by atoms with Crippen molar-refractivity contribution >= 4 is 39.7 Å². The van der Waals surface area contributed by atoms with E-state index < -0.39 is 0 Å². The number of nitrogens with zero attached hydrogens (tertiary/aromatic N) is 3.